The summed E-state index contributed by atoms with van der Waals surface area (Å²) in [6, 6.07) is 2.12. The highest BCUT2D eigenvalue weighted by atomic mass is 32.1. The van der Waals surface area contributed by atoms with Crippen LogP contribution < -0.4 is 11.1 Å². The van der Waals surface area contributed by atoms with Gasteiger partial charge < -0.3 is 11.1 Å². The first-order valence-corrected chi connectivity index (χ1v) is 6.66. The zero-order valence-corrected chi connectivity index (χ0v) is 10.3. The molecular weight excluding hydrogens is 220 g/mol. The van der Waals surface area contributed by atoms with E-state index in [1.54, 1.807) is 11.3 Å². The third kappa shape index (κ3) is 2.44. The van der Waals surface area contributed by atoms with Gasteiger partial charge in [0.25, 0.3) is 0 Å². The first-order chi connectivity index (χ1) is 7.68. The fraction of sp³-hybridized carbons (Fsp3) is 0.583. The van der Waals surface area contributed by atoms with Crippen LogP contribution in [-0.2, 0) is 11.2 Å². The van der Waals surface area contributed by atoms with Crippen LogP contribution in [0.15, 0.2) is 11.4 Å². The quantitative estimate of drug-likeness (QED) is 0.841. The van der Waals surface area contributed by atoms with E-state index in [4.69, 9.17) is 5.73 Å². The fourth-order valence-electron chi connectivity index (χ4n) is 2.14. The molecular formula is C12H18N2OS. The number of aryl methyl sites for hydroxylation is 1. The molecule has 1 aliphatic carbocycles. The van der Waals surface area contributed by atoms with Crippen LogP contribution in [0.1, 0.15) is 36.1 Å². The molecule has 0 saturated carbocycles. The molecule has 0 spiro atoms. The van der Waals surface area contributed by atoms with Gasteiger partial charge in [0.2, 0.25) is 5.91 Å². The zero-order chi connectivity index (χ0) is 11.5. The second-order valence-electron chi connectivity index (χ2n) is 4.47. The standard InChI is InChI=1S/C12H18N2OS/c1-8(13)7-14-12(15)10-3-2-4-11-9(10)5-6-16-11/h5-6,8,10H,2-4,7,13H2,1H3,(H,14,15). The zero-order valence-electron chi connectivity index (χ0n) is 9.53. The summed E-state index contributed by atoms with van der Waals surface area (Å²) >= 11 is 1.77. The molecule has 3 N–H and O–H groups in total. The van der Waals surface area contributed by atoms with Crippen molar-refractivity contribution in [2.24, 2.45) is 5.73 Å². The molecule has 0 bridgehead atoms. The van der Waals surface area contributed by atoms with Gasteiger partial charge in [-0.25, -0.2) is 0 Å². The van der Waals surface area contributed by atoms with E-state index in [9.17, 15) is 4.79 Å². The van der Waals surface area contributed by atoms with Crippen LogP contribution in [-0.4, -0.2) is 18.5 Å². The summed E-state index contributed by atoms with van der Waals surface area (Å²) in [5.74, 6) is 0.186. The monoisotopic (exact) mass is 238 g/mol. The third-order valence-electron chi connectivity index (χ3n) is 2.97. The molecule has 2 unspecified atom stereocenters. The van der Waals surface area contributed by atoms with E-state index in [0.29, 0.717) is 6.54 Å². The first kappa shape index (κ1) is 11.6. The van der Waals surface area contributed by atoms with Crippen molar-refractivity contribution in [3.63, 3.8) is 0 Å². The Morgan fingerprint density at radius 1 is 1.75 bits per heavy atom. The minimum atomic E-state index is 0.0227. The fourth-order valence-corrected chi connectivity index (χ4v) is 3.13. The van der Waals surface area contributed by atoms with E-state index in [1.165, 1.54) is 10.4 Å². The van der Waals surface area contributed by atoms with Crippen LogP contribution in [0.3, 0.4) is 0 Å². The van der Waals surface area contributed by atoms with Gasteiger partial charge in [0, 0.05) is 17.5 Å². The van der Waals surface area contributed by atoms with Gasteiger partial charge in [-0.2, -0.15) is 0 Å². The molecule has 0 fully saturated rings. The number of thiophene rings is 1. The van der Waals surface area contributed by atoms with Gasteiger partial charge in [-0.3, -0.25) is 4.79 Å². The Kier molecular flexibility index (Phi) is 3.61. The molecule has 0 aliphatic heterocycles. The summed E-state index contributed by atoms with van der Waals surface area (Å²) in [6.07, 6.45) is 3.21. The number of fused-ring (bicyclic) bond motifs is 1. The highest BCUT2D eigenvalue weighted by Gasteiger charge is 2.26. The SMILES string of the molecule is CC(N)CNC(=O)C1CCCc2sccc21. The van der Waals surface area contributed by atoms with Crippen LogP contribution in [0.4, 0.5) is 0 Å². The smallest absolute Gasteiger partial charge is 0.227 e. The predicted octanol–water partition coefficient (Wildman–Crippen LogP) is 1.63. The van der Waals surface area contributed by atoms with Crippen LogP contribution in [0.5, 0.6) is 0 Å². The van der Waals surface area contributed by atoms with Crippen molar-refractivity contribution >= 4 is 17.2 Å². The molecule has 1 amide bonds. The molecule has 0 saturated heterocycles. The largest absolute Gasteiger partial charge is 0.354 e. The number of hydrogen-bond acceptors (Lipinski definition) is 3. The van der Waals surface area contributed by atoms with E-state index in [0.717, 1.165) is 19.3 Å². The van der Waals surface area contributed by atoms with Gasteiger partial charge in [-0.1, -0.05) is 0 Å². The van der Waals surface area contributed by atoms with E-state index in [2.05, 4.69) is 16.8 Å². The van der Waals surface area contributed by atoms with Crippen LogP contribution in [0.2, 0.25) is 0 Å². The van der Waals surface area contributed by atoms with Crippen molar-refractivity contribution < 1.29 is 4.79 Å². The predicted molar refractivity (Wildman–Crippen MR) is 66.7 cm³/mol. The first-order valence-electron chi connectivity index (χ1n) is 5.78. The molecule has 0 radical (unpaired) electrons. The topological polar surface area (TPSA) is 55.1 Å². The van der Waals surface area contributed by atoms with Gasteiger partial charge in [-0.15, -0.1) is 11.3 Å². The molecule has 88 valence electrons. The second-order valence-corrected chi connectivity index (χ2v) is 5.47. The molecule has 3 nitrogen and oxygen atoms in total. The summed E-state index contributed by atoms with van der Waals surface area (Å²) < 4.78 is 0. The number of nitrogens with two attached hydrogens (primary N) is 1. The molecule has 1 aliphatic rings. The van der Waals surface area contributed by atoms with Crippen molar-refractivity contribution in [1.82, 2.24) is 5.32 Å². The lowest BCUT2D eigenvalue weighted by atomic mass is 9.87. The van der Waals surface area contributed by atoms with Crippen LogP contribution in [0.25, 0.3) is 0 Å². The molecule has 2 rings (SSSR count). The lowest BCUT2D eigenvalue weighted by Crippen LogP contribution is -2.38. The molecule has 16 heavy (non-hydrogen) atoms. The summed E-state index contributed by atoms with van der Waals surface area (Å²) in [6.45, 7) is 2.46. The summed E-state index contributed by atoms with van der Waals surface area (Å²) in [5.41, 5.74) is 6.87. The molecule has 2 atom stereocenters. The van der Waals surface area contributed by atoms with Crippen LogP contribution >= 0.6 is 11.3 Å². The maximum Gasteiger partial charge on any atom is 0.227 e. The van der Waals surface area contributed by atoms with E-state index in [-0.39, 0.29) is 17.9 Å². The van der Waals surface area contributed by atoms with Crippen LogP contribution in [0, 0.1) is 0 Å². The number of nitrogens with one attached hydrogen (secondary N) is 1. The lowest BCUT2D eigenvalue weighted by Gasteiger charge is -2.22. The normalized spacial score (nSPS) is 21.2. The van der Waals surface area contributed by atoms with Crippen molar-refractivity contribution in [3.05, 3.63) is 21.9 Å². The van der Waals surface area contributed by atoms with Crippen molar-refractivity contribution in [1.29, 1.82) is 0 Å². The van der Waals surface area contributed by atoms with Gasteiger partial charge in [-0.05, 0) is 43.2 Å². The summed E-state index contributed by atoms with van der Waals surface area (Å²) in [4.78, 5) is 13.4. The van der Waals surface area contributed by atoms with E-state index >= 15 is 0 Å². The van der Waals surface area contributed by atoms with Crippen molar-refractivity contribution in [2.45, 2.75) is 38.1 Å². The van der Waals surface area contributed by atoms with Gasteiger partial charge >= 0.3 is 0 Å². The molecule has 1 heterocycles. The molecule has 1 aromatic heterocycles. The van der Waals surface area contributed by atoms with Crippen molar-refractivity contribution in [2.75, 3.05) is 6.54 Å². The minimum absolute atomic E-state index is 0.0227. The summed E-state index contributed by atoms with van der Waals surface area (Å²) in [7, 11) is 0. The van der Waals surface area contributed by atoms with Gasteiger partial charge in [0.1, 0.15) is 0 Å². The average Bonchev–Trinajstić information content (AvgIpc) is 2.73. The van der Waals surface area contributed by atoms with Crippen molar-refractivity contribution in [3.8, 4) is 0 Å². The summed E-state index contributed by atoms with van der Waals surface area (Å²) in [5, 5.41) is 5.01. The molecule has 0 aromatic carbocycles. The number of rotatable bonds is 3. The number of carbonyl (C=O) groups is 1. The minimum Gasteiger partial charge on any atom is -0.354 e. The maximum absolute atomic E-state index is 12.0. The van der Waals surface area contributed by atoms with E-state index < -0.39 is 0 Å². The maximum atomic E-state index is 12.0. The number of carbonyl (C=O) groups excluding carboxylic acids is 1. The highest BCUT2D eigenvalue weighted by molar-refractivity contribution is 7.10. The Morgan fingerprint density at radius 3 is 3.31 bits per heavy atom. The van der Waals surface area contributed by atoms with Gasteiger partial charge in [0.05, 0.1) is 5.92 Å². The Labute approximate surface area is 100 Å². The van der Waals surface area contributed by atoms with E-state index in [1.807, 2.05) is 6.92 Å². The Balaban J connectivity index is 2.03. The molecule has 1 aromatic rings. The number of hydrogen-bond donors (Lipinski definition) is 2. The second kappa shape index (κ2) is 4.97. The van der Waals surface area contributed by atoms with Gasteiger partial charge in [0.15, 0.2) is 0 Å². The Morgan fingerprint density at radius 2 is 2.56 bits per heavy atom. The highest BCUT2D eigenvalue weighted by Crippen LogP contribution is 2.34. The average molecular weight is 238 g/mol. The molecule has 4 heteroatoms. The Hall–Kier alpha value is -0.870. The Bertz CT molecular complexity index is 373. The number of amides is 1. The third-order valence-corrected chi connectivity index (χ3v) is 3.96. The lowest BCUT2D eigenvalue weighted by molar-refractivity contribution is -0.122.